The Morgan fingerprint density at radius 3 is 2.44 bits per heavy atom. The fourth-order valence-electron chi connectivity index (χ4n) is 4.06. The standard InChI is InChI=1S/C20H31N3O2/c1-3-21(2)10-18-13-23(14-19(18)15-24)20(25)8-9-22-11-16-6-4-5-7-17(16)12-22/h4-7,18-19,24H,3,8-15H2,1-2H3/t18-,19-/m1/s1. The van der Waals surface area contributed by atoms with Crippen LogP contribution in [0.4, 0.5) is 0 Å². The first kappa shape index (κ1) is 18.4. The highest BCUT2D eigenvalue weighted by Gasteiger charge is 2.35. The Morgan fingerprint density at radius 1 is 1.20 bits per heavy atom. The number of amides is 1. The topological polar surface area (TPSA) is 47.0 Å². The van der Waals surface area contributed by atoms with E-state index in [0.29, 0.717) is 18.9 Å². The Kier molecular flexibility index (Phi) is 6.10. The fraction of sp³-hybridized carbons (Fsp3) is 0.650. The Bertz CT molecular complexity index is 567. The van der Waals surface area contributed by atoms with Gasteiger partial charge in [0, 0.05) is 58.2 Å². The molecule has 1 aromatic rings. The van der Waals surface area contributed by atoms with Crippen LogP contribution in [0.25, 0.3) is 0 Å². The van der Waals surface area contributed by atoms with E-state index in [9.17, 15) is 9.90 Å². The lowest BCUT2D eigenvalue weighted by Crippen LogP contribution is -2.33. The number of fused-ring (bicyclic) bond motifs is 1. The van der Waals surface area contributed by atoms with Gasteiger partial charge in [-0.25, -0.2) is 0 Å². The number of hydrogen-bond donors (Lipinski definition) is 1. The first-order chi connectivity index (χ1) is 12.1. The summed E-state index contributed by atoms with van der Waals surface area (Å²) in [5.41, 5.74) is 2.78. The molecule has 1 fully saturated rings. The Morgan fingerprint density at radius 2 is 1.84 bits per heavy atom. The molecule has 5 heteroatoms. The zero-order valence-corrected chi connectivity index (χ0v) is 15.5. The summed E-state index contributed by atoms with van der Waals surface area (Å²) in [6.45, 7) is 8.47. The number of nitrogens with zero attached hydrogens (tertiary/aromatic N) is 3. The van der Waals surface area contributed by atoms with Crippen molar-refractivity contribution in [2.75, 3.05) is 46.4 Å². The van der Waals surface area contributed by atoms with Crippen molar-refractivity contribution in [3.63, 3.8) is 0 Å². The summed E-state index contributed by atoms with van der Waals surface area (Å²) in [6.07, 6.45) is 0.572. The molecule has 0 spiro atoms. The SMILES string of the molecule is CCN(C)C[C@@H]1CN(C(=O)CCN2Cc3ccccc3C2)C[C@@H]1CO. The summed E-state index contributed by atoms with van der Waals surface area (Å²) in [6, 6.07) is 8.52. The van der Waals surface area contributed by atoms with E-state index in [4.69, 9.17) is 0 Å². The van der Waals surface area contributed by atoms with Gasteiger partial charge in [0.15, 0.2) is 0 Å². The summed E-state index contributed by atoms with van der Waals surface area (Å²) < 4.78 is 0. The molecule has 1 amide bonds. The molecule has 3 rings (SSSR count). The van der Waals surface area contributed by atoms with Crippen LogP contribution in [0.2, 0.25) is 0 Å². The first-order valence-corrected chi connectivity index (χ1v) is 9.47. The van der Waals surface area contributed by atoms with Gasteiger partial charge in [-0.15, -0.1) is 0 Å². The molecule has 0 aromatic heterocycles. The minimum absolute atomic E-state index is 0.174. The maximum atomic E-state index is 12.6. The molecular formula is C20H31N3O2. The van der Waals surface area contributed by atoms with Crippen LogP contribution >= 0.6 is 0 Å². The summed E-state index contributed by atoms with van der Waals surface area (Å²) in [5.74, 6) is 0.833. The van der Waals surface area contributed by atoms with Crippen molar-refractivity contribution in [1.82, 2.24) is 14.7 Å². The Labute approximate surface area is 151 Å². The number of benzene rings is 1. The van der Waals surface area contributed by atoms with Gasteiger partial charge in [-0.3, -0.25) is 9.69 Å². The number of likely N-dealkylation sites (tertiary alicyclic amines) is 1. The minimum atomic E-state index is 0.174. The number of carbonyl (C=O) groups is 1. The lowest BCUT2D eigenvalue weighted by molar-refractivity contribution is -0.130. The molecule has 0 bridgehead atoms. The molecule has 5 nitrogen and oxygen atoms in total. The van der Waals surface area contributed by atoms with Gasteiger partial charge < -0.3 is 14.9 Å². The van der Waals surface area contributed by atoms with E-state index in [1.165, 1.54) is 11.1 Å². The average molecular weight is 345 g/mol. The molecule has 2 aliphatic rings. The highest BCUT2D eigenvalue weighted by atomic mass is 16.3. The molecule has 2 aliphatic heterocycles. The van der Waals surface area contributed by atoms with Crippen LogP contribution in [0.5, 0.6) is 0 Å². The average Bonchev–Trinajstić information content (AvgIpc) is 3.22. The second-order valence-corrected chi connectivity index (χ2v) is 7.59. The lowest BCUT2D eigenvalue weighted by Gasteiger charge is -2.22. The van der Waals surface area contributed by atoms with Crippen LogP contribution < -0.4 is 0 Å². The second-order valence-electron chi connectivity index (χ2n) is 7.59. The number of aliphatic hydroxyl groups is 1. The molecule has 2 atom stereocenters. The zero-order chi connectivity index (χ0) is 17.8. The van der Waals surface area contributed by atoms with E-state index in [2.05, 4.69) is 48.0 Å². The molecule has 1 N–H and O–H groups in total. The second kappa shape index (κ2) is 8.30. The molecule has 0 unspecified atom stereocenters. The molecule has 0 aliphatic carbocycles. The Balaban J connectivity index is 1.47. The van der Waals surface area contributed by atoms with Gasteiger partial charge >= 0.3 is 0 Å². The van der Waals surface area contributed by atoms with Crippen LogP contribution in [0.15, 0.2) is 24.3 Å². The fourth-order valence-corrected chi connectivity index (χ4v) is 4.06. The van der Waals surface area contributed by atoms with E-state index < -0.39 is 0 Å². The van der Waals surface area contributed by atoms with Gasteiger partial charge in [0.25, 0.3) is 0 Å². The highest BCUT2D eigenvalue weighted by molar-refractivity contribution is 5.76. The Hall–Kier alpha value is -1.43. The van der Waals surface area contributed by atoms with E-state index in [-0.39, 0.29) is 18.4 Å². The van der Waals surface area contributed by atoms with Crippen LogP contribution in [-0.4, -0.2) is 72.1 Å². The number of carbonyl (C=O) groups excluding carboxylic acids is 1. The summed E-state index contributed by atoms with van der Waals surface area (Å²) in [5, 5.41) is 9.66. The third-order valence-corrected chi connectivity index (χ3v) is 5.80. The van der Waals surface area contributed by atoms with E-state index >= 15 is 0 Å². The van der Waals surface area contributed by atoms with Crippen molar-refractivity contribution >= 4 is 5.91 Å². The normalized spacial score (nSPS) is 23.4. The third-order valence-electron chi connectivity index (χ3n) is 5.80. The first-order valence-electron chi connectivity index (χ1n) is 9.47. The quantitative estimate of drug-likeness (QED) is 0.812. The monoisotopic (exact) mass is 345 g/mol. The van der Waals surface area contributed by atoms with E-state index in [1.807, 2.05) is 4.90 Å². The molecule has 25 heavy (non-hydrogen) atoms. The van der Waals surface area contributed by atoms with Crippen molar-refractivity contribution in [2.45, 2.75) is 26.4 Å². The van der Waals surface area contributed by atoms with Crippen molar-refractivity contribution in [2.24, 2.45) is 11.8 Å². The van der Waals surface area contributed by atoms with Crippen LogP contribution in [0.3, 0.4) is 0 Å². The van der Waals surface area contributed by atoms with E-state index in [0.717, 1.165) is 39.3 Å². The lowest BCUT2D eigenvalue weighted by atomic mass is 9.96. The van der Waals surface area contributed by atoms with E-state index in [1.54, 1.807) is 0 Å². The van der Waals surface area contributed by atoms with Crippen LogP contribution in [0, 0.1) is 11.8 Å². The van der Waals surface area contributed by atoms with Gasteiger partial charge in [0.1, 0.15) is 0 Å². The van der Waals surface area contributed by atoms with Crippen LogP contribution in [0.1, 0.15) is 24.5 Å². The highest BCUT2D eigenvalue weighted by Crippen LogP contribution is 2.25. The molecule has 0 radical (unpaired) electrons. The van der Waals surface area contributed by atoms with Gasteiger partial charge in [0.2, 0.25) is 5.91 Å². The van der Waals surface area contributed by atoms with Gasteiger partial charge in [-0.2, -0.15) is 0 Å². The minimum Gasteiger partial charge on any atom is -0.396 e. The number of hydrogen-bond acceptors (Lipinski definition) is 4. The summed E-state index contributed by atoms with van der Waals surface area (Å²) in [7, 11) is 2.10. The largest absolute Gasteiger partial charge is 0.396 e. The van der Waals surface area contributed by atoms with Crippen LogP contribution in [-0.2, 0) is 17.9 Å². The predicted octanol–water partition coefficient (Wildman–Crippen LogP) is 1.41. The maximum Gasteiger partial charge on any atom is 0.223 e. The third kappa shape index (κ3) is 4.40. The predicted molar refractivity (Wildman–Crippen MR) is 99.0 cm³/mol. The summed E-state index contributed by atoms with van der Waals surface area (Å²) in [4.78, 5) is 19.2. The number of rotatable bonds is 7. The molecule has 1 saturated heterocycles. The van der Waals surface area contributed by atoms with Crippen molar-refractivity contribution in [1.29, 1.82) is 0 Å². The van der Waals surface area contributed by atoms with Crippen molar-refractivity contribution in [3.05, 3.63) is 35.4 Å². The zero-order valence-electron chi connectivity index (χ0n) is 15.5. The molecular weight excluding hydrogens is 314 g/mol. The van der Waals surface area contributed by atoms with Gasteiger partial charge in [-0.1, -0.05) is 31.2 Å². The van der Waals surface area contributed by atoms with Gasteiger partial charge in [0.05, 0.1) is 0 Å². The molecule has 0 saturated carbocycles. The molecule has 2 heterocycles. The molecule has 1 aromatic carbocycles. The van der Waals surface area contributed by atoms with Gasteiger partial charge in [-0.05, 0) is 30.6 Å². The smallest absolute Gasteiger partial charge is 0.223 e. The number of aliphatic hydroxyl groups excluding tert-OH is 1. The molecule has 138 valence electrons. The van der Waals surface area contributed by atoms with Crippen molar-refractivity contribution in [3.8, 4) is 0 Å². The summed E-state index contributed by atoms with van der Waals surface area (Å²) >= 11 is 0. The maximum absolute atomic E-state index is 12.6. The van der Waals surface area contributed by atoms with Crippen molar-refractivity contribution < 1.29 is 9.90 Å².